The van der Waals surface area contributed by atoms with Crippen molar-refractivity contribution in [3.63, 3.8) is 0 Å². The third-order valence-corrected chi connectivity index (χ3v) is 8.45. The van der Waals surface area contributed by atoms with E-state index in [9.17, 15) is 0 Å². The standard InChI is InChI=1S/C40H24N4/c1-3-11-27-19-35-33(17-25(27)9-1)39(37-21-29-13-5-7-15-31(29)23-41-37)44-36-20-28-12-4-2-10-26(28)18-34(36)40(43-35)38-22-30-14-6-8-16-32(30)24-42-38/h1-24H/b39-33?,40-34?,43-35?,43-40+,44-36?,44-39+. The summed E-state index contributed by atoms with van der Waals surface area (Å²) in [6.45, 7) is 0. The Morgan fingerprint density at radius 2 is 0.636 bits per heavy atom. The topological polar surface area (TPSA) is 50.5 Å². The number of rotatable bonds is 2. The molecule has 0 saturated carbocycles. The van der Waals surface area contributed by atoms with Crippen LogP contribution in [0.2, 0.25) is 0 Å². The van der Waals surface area contributed by atoms with Crippen molar-refractivity contribution in [3.05, 3.63) is 168 Å². The van der Waals surface area contributed by atoms with E-state index in [-0.39, 0.29) is 0 Å². The quantitative estimate of drug-likeness (QED) is 0.211. The highest BCUT2D eigenvalue weighted by molar-refractivity contribution is 6.24. The van der Waals surface area contributed by atoms with Gasteiger partial charge in [0.1, 0.15) is 0 Å². The van der Waals surface area contributed by atoms with Crippen molar-refractivity contribution in [2.24, 2.45) is 9.98 Å². The molecule has 44 heavy (non-hydrogen) atoms. The van der Waals surface area contributed by atoms with Gasteiger partial charge in [-0.05, 0) is 68.7 Å². The van der Waals surface area contributed by atoms with Crippen molar-refractivity contribution < 1.29 is 0 Å². The zero-order chi connectivity index (χ0) is 29.0. The molecule has 4 heteroatoms. The normalized spacial score (nSPS) is 15.2. The van der Waals surface area contributed by atoms with Gasteiger partial charge in [-0.25, -0.2) is 9.98 Å². The maximum Gasteiger partial charge on any atom is 0.0988 e. The summed E-state index contributed by atoms with van der Waals surface area (Å²) < 4.78 is 0. The van der Waals surface area contributed by atoms with Crippen molar-refractivity contribution in [3.8, 4) is 0 Å². The van der Waals surface area contributed by atoms with Crippen LogP contribution in [0, 0.1) is 0 Å². The average Bonchev–Trinajstić information content (AvgIpc) is 3.08. The first-order valence-electron chi connectivity index (χ1n) is 14.7. The third kappa shape index (κ3) is 4.08. The number of aromatic nitrogens is 2. The Labute approximate surface area is 253 Å². The summed E-state index contributed by atoms with van der Waals surface area (Å²) in [6, 6.07) is 46.4. The highest BCUT2D eigenvalue weighted by Gasteiger charge is 2.23. The van der Waals surface area contributed by atoms with Crippen LogP contribution in [0.4, 0.5) is 11.4 Å². The van der Waals surface area contributed by atoms with E-state index in [2.05, 4.69) is 121 Å². The molecule has 9 rings (SSSR count). The summed E-state index contributed by atoms with van der Waals surface area (Å²) in [5.41, 5.74) is 6.74. The molecule has 0 saturated heterocycles. The lowest BCUT2D eigenvalue weighted by Crippen LogP contribution is -2.12. The van der Waals surface area contributed by atoms with Gasteiger partial charge in [0, 0.05) is 34.3 Å². The molecule has 0 fully saturated rings. The van der Waals surface area contributed by atoms with Crippen LogP contribution in [-0.2, 0) is 0 Å². The van der Waals surface area contributed by atoms with Crippen LogP contribution in [0.3, 0.4) is 0 Å². The molecule has 0 atom stereocenters. The molecule has 3 heterocycles. The first kappa shape index (κ1) is 24.6. The average molecular weight is 561 g/mol. The van der Waals surface area contributed by atoms with Crippen LogP contribution in [0.1, 0.15) is 22.5 Å². The van der Waals surface area contributed by atoms with Gasteiger partial charge in [0.2, 0.25) is 0 Å². The van der Waals surface area contributed by atoms with E-state index < -0.39 is 0 Å². The van der Waals surface area contributed by atoms with Crippen LogP contribution < -0.4 is 0 Å². The summed E-state index contributed by atoms with van der Waals surface area (Å²) in [5, 5.41) is 8.91. The Morgan fingerprint density at radius 3 is 1.02 bits per heavy atom. The number of benzene rings is 6. The lowest BCUT2D eigenvalue weighted by Gasteiger charge is -2.19. The summed E-state index contributed by atoms with van der Waals surface area (Å²) in [6.07, 6.45) is 3.86. The molecular weight excluding hydrogens is 536 g/mol. The molecule has 0 unspecified atom stereocenters. The van der Waals surface area contributed by atoms with Crippen molar-refractivity contribution in [1.82, 2.24) is 9.97 Å². The number of pyridine rings is 2. The Balaban J connectivity index is 1.39. The summed E-state index contributed by atoms with van der Waals surface area (Å²) in [5.74, 6) is 0. The summed E-state index contributed by atoms with van der Waals surface area (Å²) in [4.78, 5) is 20.8. The van der Waals surface area contributed by atoms with Crippen LogP contribution in [0.5, 0.6) is 0 Å². The molecule has 4 nitrogen and oxygen atoms in total. The van der Waals surface area contributed by atoms with Gasteiger partial charge in [-0.2, -0.15) is 0 Å². The minimum atomic E-state index is 0.794. The molecule has 0 spiro atoms. The summed E-state index contributed by atoms with van der Waals surface area (Å²) in [7, 11) is 0. The molecule has 0 N–H and O–H groups in total. The van der Waals surface area contributed by atoms with Crippen molar-refractivity contribution in [2.45, 2.75) is 0 Å². The van der Waals surface area contributed by atoms with Crippen LogP contribution in [-0.4, -0.2) is 21.4 Å². The van der Waals surface area contributed by atoms with Crippen molar-refractivity contribution in [2.75, 3.05) is 0 Å². The first-order chi connectivity index (χ1) is 21.8. The lowest BCUT2D eigenvalue weighted by molar-refractivity contribution is 1.29. The second-order valence-electron chi connectivity index (χ2n) is 11.2. The Bertz CT molecular complexity index is 2330. The molecule has 0 aliphatic carbocycles. The molecule has 8 aromatic rings. The molecule has 6 aromatic carbocycles. The van der Waals surface area contributed by atoms with E-state index in [4.69, 9.17) is 20.0 Å². The predicted molar refractivity (Wildman–Crippen MR) is 182 cm³/mol. The molecule has 2 aromatic heterocycles. The second kappa shape index (κ2) is 9.79. The molecule has 1 aliphatic heterocycles. The van der Waals surface area contributed by atoms with Crippen LogP contribution in [0.15, 0.2) is 156 Å². The van der Waals surface area contributed by atoms with E-state index in [0.717, 1.165) is 88.4 Å². The van der Waals surface area contributed by atoms with Gasteiger partial charge >= 0.3 is 0 Å². The third-order valence-electron chi connectivity index (χ3n) is 8.45. The number of hydrogen-bond acceptors (Lipinski definition) is 4. The molecular formula is C40H24N4. The summed E-state index contributed by atoms with van der Waals surface area (Å²) >= 11 is 0. The zero-order valence-corrected chi connectivity index (χ0v) is 23.6. The van der Waals surface area contributed by atoms with Gasteiger partial charge in [0.25, 0.3) is 0 Å². The van der Waals surface area contributed by atoms with Crippen LogP contribution in [0.25, 0.3) is 43.1 Å². The Morgan fingerprint density at radius 1 is 0.318 bits per heavy atom. The Hall–Kier alpha value is -6.00. The highest BCUT2D eigenvalue weighted by Crippen LogP contribution is 2.37. The van der Waals surface area contributed by atoms with E-state index in [1.165, 1.54) is 0 Å². The monoisotopic (exact) mass is 560 g/mol. The van der Waals surface area contributed by atoms with Gasteiger partial charge in [-0.1, -0.05) is 97.1 Å². The SMILES string of the molecule is c1ccc2cc(/C3=N/c4cc5ccccc5cc4/C(c4cc5ccccc5cn4)=N\c4cc5ccccc5cc43)ncc2c1. The number of aliphatic imine (C=N–C) groups is 2. The van der Waals surface area contributed by atoms with Crippen molar-refractivity contribution in [1.29, 1.82) is 0 Å². The minimum Gasteiger partial charge on any atom is -0.254 e. The molecule has 1 aliphatic rings. The molecule has 204 valence electrons. The molecule has 0 radical (unpaired) electrons. The van der Waals surface area contributed by atoms with E-state index in [1.807, 2.05) is 24.5 Å². The minimum absolute atomic E-state index is 0.794. The van der Waals surface area contributed by atoms with Crippen molar-refractivity contribution >= 4 is 65.9 Å². The zero-order valence-electron chi connectivity index (χ0n) is 23.6. The maximum atomic E-state index is 5.46. The number of hydrogen-bond donors (Lipinski definition) is 0. The van der Waals surface area contributed by atoms with Gasteiger partial charge < -0.3 is 0 Å². The first-order valence-corrected chi connectivity index (χ1v) is 14.7. The fourth-order valence-electron chi connectivity index (χ4n) is 6.20. The van der Waals surface area contributed by atoms with Gasteiger partial charge in [-0.3, -0.25) is 9.97 Å². The van der Waals surface area contributed by atoms with E-state index in [1.54, 1.807) is 0 Å². The van der Waals surface area contributed by atoms with Gasteiger partial charge in [-0.15, -0.1) is 0 Å². The molecule has 0 amide bonds. The smallest absolute Gasteiger partial charge is 0.0988 e. The van der Waals surface area contributed by atoms with Gasteiger partial charge in [0.05, 0.1) is 34.2 Å². The van der Waals surface area contributed by atoms with E-state index >= 15 is 0 Å². The fourth-order valence-corrected chi connectivity index (χ4v) is 6.20. The predicted octanol–water partition coefficient (Wildman–Crippen LogP) is 9.74. The lowest BCUT2D eigenvalue weighted by atomic mass is 9.94. The number of fused-ring (bicyclic) bond motifs is 6. The van der Waals surface area contributed by atoms with Gasteiger partial charge in [0.15, 0.2) is 0 Å². The van der Waals surface area contributed by atoms with E-state index in [0.29, 0.717) is 0 Å². The maximum absolute atomic E-state index is 5.46. The van der Waals surface area contributed by atoms with Crippen LogP contribution >= 0.6 is 0 Å². The fraction of sp³-hybridized carbons (Fsp3) is 0. The largest absolute Gasteiger partial charge is 0.254 e. The highest BCUT2D eigenvalue weighted by atomic mass is 14.9. The Kier molecular flexibility index (Phi) is 5.47. The number of nitrogens with zero attached hydrogens (tertiary/aromatic N) is 4. The molecule has 0 bridgehead atoms. The second-order valence-corrected chi connectivity index (χ2v) is 11.2.